The molecule has 0 amide bonds. The number of nitrogens with zero attached hydrogens (tertiary/aromatic N) is 2. The molecule has 0 N–H and O–H groups in total. The predicted molar refractivity (Wildman–Crippen MR) is 249 cm³/mol. The van der Waals surface area contributed by atoms with Crippen molar-refractivity contribution in [2.45, 2.75) is 19.3 Å². The monoisotopic (exact) mass is 766 g/mol. The molecular formula is C57H38N2O. The van der Waals surface area contributed by atoms with Gasteiger partial charge in [0.15, 0.2) is 5.82 Å². The minimum absolute atomic E-state index is 0.168. The Labute approximate surface area is 348 Å². The van der Waals surface area contributed by atoms with Crippen LogP contribution in [0.1, 0.15) is 25.0 Å². The highest BCUT2D eigenvalue weighted by atomic mass is 16.3. The Hall–Kier alpha value is -7.62. The molecule has 0 spiro atoms. The Morgan fingerprint density at radius 3 is 1.77 bits per heavy atom. The fourth-order valence-corrected chi connectivity index (χ4v) is 9.75. The van der Waals surface area contributed by atoms with E-state index in [9.17, 15) is 0 Å². The SMILES string of the molecule is CC1(C)c2cc3ccccc3cc2-c2c(-c3cc(-c4ccc(-c5cc(-c6ccccc6)cc6oc7ccccc7c56)c5ccccc45)nc(-c4ccccc4)n3)cccc21. The van der Waals surface area contributed by atoms with Gasteiger partial charge in [-0.3, -0.25) is 0 Å². The number of benzene rings is 9. The van der Waals surface area contributed by atoms with Gasteiger partial charge in [-0.05, 0) is 102 Å². The van der Waals surface area contributed by atoms with E-state index in [1.54, 1.807) is 0 Å². The maximum atomic E-state index is 6.56. The van der Waals surface area contributed by atoms with Crippen molar-refractivity contribution in [2.24, 2.45) is 0 Å². The summed E-state index contributed by atoms with van der Waals surface area (Å²) in [5.41, 5.74) is 16.3. The molecule has 1 aliphatic carbocycles. The molecule has 11 aromatic rings. The topological polar surface area (TPSA) is 38.9 Å². The molecule has 0 aliphatic heterocycles. The zero-order valence-electron chi connectivity index (χ0n) is 33.3. The van der Waals surface area contributed by atoms with Crippen molar-refractivity contribution in [1.82, 2.24) is 9.97 Å². The lowest BCUT2D eigenvalue weighted by atomic mass is 9.81. The number of hydrogen-bond acceptors (Lipinski definition) is 3. The second-order valence-corrected chi connectivity index (χ2v) is 16.5. The Kier molecular flexibility index (Phi) is 7.58. The molecule has 0 saturated carbocycles. The van der Waals surface area contributed by atoms with Crippen LogP contribution in [-0.4, -0.2) is 9.97 Å². The van der Waals surface area contributed by atoms with E-state index in [1.807, 2.05) is 12.1 Å². The summed E-state index contributed by atoms with van der Waals surface area (Å²) in [4.78, 5) is 10.7. The third-order valence-electron chi connectivity index (χ3n) is 12.7. The Morgan fingerprint density at radius 1 is 0.383 bits per heavy atom. The molecule has 12 rings (SSSR count). The van der Waals surface area contributed by atoms with Crippen molar-refractivity contribution in [3.05, 3.63) is 205 Å². The fraction of sp³-hybridized carbons (Fsp3) is 0.0526. The number of fused-ring (bicyclic) bond motifs is 8. The first-order valence-electron chi connectivity index (χ1n) is 20.6. The van der Waals surface area contributed by atoms with Crippen LogP contribution in [-0.2, 0) is 5.41 Å². The molecule has 0 radical (unpaired) electrons. The molecule has 60 heavy (non-hydrogen) atoms. The van der Waals surface area contributed by atoms with Crippen LogP contribution in [0.2, 0.25) is 0 Å². The molecule has 0 bridgehead atoms. The average Bonchev–Trinajstić information content (AvgIpc) is 3.79. The normalized spacial score (nSPS) is 13.0. The number of furan rings is 1. The maximum absolute atomic E-state index is 6.56. The highest BCUT2D eigenvalue weighted by Gasteiger charge is 2.37. The molecule has 0 unspecified atom stereocenters. The van der Waals surface area contributed by atoms with Crippen LogP contribution in [0.4, 0.5) is 0 Å². The quantitative estimate of drug-likeness (QED) is 0.175. The second-order valence-electron chi connectivity index (χ2n) is 16.5. The maximum Gasteiger partial charge on any atom is 0.160 e. The van der Waals surface area contributed by atoms with Crippen molar-refractivity contribution in [3.8, 4) is 67.3 Å². The third-order valence-corrected chi connectivity index (χ3v) is 12.7. The first-order chi connectivity index (χ1) is 29.5. The molecule has 9 aromatic carbocycles. The summed E-state index contributed by atoms with van der Waals surface area (Å²) in [7, 11) is 0. The van der Waals surface area contributed by atoms with Crippen molar-refractivity contribution >= 4 is 43.5 Å². The molecule has 2 heterocycles. The Morgan fingerprint density at radius 2 is 1.00 bits per heavy atom. The van der Waals surface area contributed by atoms with Gasteiger partial charge in [-0.2, -0.15) is 0 Å². The van der Waals surface area contributed by atoms with E-state index < -0.39 is 0 Å². The van der Waals surface area contributed by atoms with E-state index in [-0.39, 0.29) is 5.41 Å². The van der Waals surface area contributed by atoms with Gasteiger partial charge >= 0.3 is 0 Å². The minimum atomic E-state index is -0.168. The van der Waals surface area contributed by atoms with Gasteiger partial charge in [0.25, 0.3) is 0 Å². The van der Waals surface area contributed by atoms with Gasteiger partial charge < -0.3 is 4.42 Å². The van der Waals surface area contributed by atoms with Gasteiger partial charge in [-0.1, -0.05) is 172 Å². The molecular weight excluding hydrogens is 729 g/mol. The highest BCUT2D eigenvalue weighted by Crippen LogP contribution is 2.53. The fourth-order valence-electron chi connectivity index (χ4n) is 9.75. The standard InChI is InChI=1S/C57H38N2O/c1-57(2)48-26-15-25-44(54(48)47-30-37-20-9-10-21-38(37)32-49(47)57)51-34-50(58-56(59-51)36-18-7-4-8-19-36)43-29-28-42(40-22-11-12-23-41(40)43)46-31-39(35-16-5-3-6-17-35)33-53-55(46)45-24-13-14-27-52(45)60-53/h3-34H,1-2H3. The average molecular weight is 767 g/mol. The summed E-state index contributed by atoms with van der Waals surface area (Å²) in [6, 6.07) is 69.4. The van der Waals surface area contributed by atoms with E-state index in [1.165, 1.54) is 33.0 Å². The Balaban J connectivity index is 1.10. The second kappa shape index (κ2) is 13.2. The first kappa shape index (κ1) is 34.4. The van der Waals surface area contributed by atoms with E-state index in [0.29, 0.717) is 5.82 Å². The lowest BCUT2D eigenvalue weighted by Crippen LogP contribution is -2.14. The molecule has 3 heteroatoms. The molecule has 3 nitrogen and oxygen atoms in total. The lowest BCUT2D eigenvalue weighted by Gasteiger charge is -2.22. The summed E-state index contributed by atoms with van der Waals surface area (Å²) in [5.74, 6) is 0.701. The number of aromatic nitrogens is 2. The third kappa shape index (κ3) is 5.29. The molecule has 0 fully saturated rings. The summed E-state index contributed by atoms with van der Waals surface area (Å²) in [6.07, 6.45) is 0. The van der Waals surface area contributed by atoms with Crippen LogP contribution < -0.4 is 0 Å². The van der Waals surface area contributed by atoms with Crippen molar-refractivity contribution in [3.63, 3.8) is 0 Å². The van der Waals surface area contributed by atoms with E-state index in [0.717, 1.165) is 83.0 Å². The molecule has 0 saturated heterocycles. The zero-order valence-corrected chi connectivity index (χ0v) is 33.3. The van der Waals surface area contributed by atoms with Crippen LogP contribution in [0, 0.1) is 0 Å². The summed E-state index contributed by atoms with van der Waals surface area (Å²) in [6.45, 7) is 4.70. The van der Waals surface area contributed by atoms with E-state index in [4.69, 9.17) is 14.4 Å². The van der Waals surface area contributed by atoms with E-state index >= 15 is 0 Å². The van der Waals surface area contributed by atoms with Gasteiger partial charge in [0.1, 0.15) is 11.2 Å². The number of rotatable bonds is 5. The molecule has 0 atom stereocenters. The zero-order chi connectivity index (χ0) is 40.0. The molecule has 1 aliphatic rings. The predicted octanol–water partition coefficient (Wildman–Crippen LogP) is 15.3. The minimum Gasteiger partial charge on any atom is -0.456 e. The smallest absolute Gasteiger partial charge is 0.160 e. The highest BCUT2D eigenvalue weighted by molar-refractivity contribution is 6.17. The van der Waals surface area contributed by atoms with Crippen LogP contribution in [0.15, 0.2) is 199 Å². The van der Waals surface area contributed by atoms with Crippen LogP contribution in [0.25, 0.3) is 111 Å². The summed E-state index contributed by atoms with van der Waals surface area (Å²) >= 11 is 0. The number of para-hydroxylation sites is 1. The molecule has 282 valence electrons. The summed E-state index contributed by atoms with van der Waals surface area (Å²) in [5, 5.41) is 7.00. The van der Waals surface area contributed by atoms with Gasteiger partial charge in [0, 0.05) is 32.9 Å². The van der Waals surface area contributed by atoms with Gasteiger partial charge in [-0.25, -0.2) is 9.97 Å². The first-order valence-corrected chi connectivity index (χ1v) is 20.6. The largest absolute Gasteiger partial charge is 0.456 e. The molecule has 2 aromatic heterocycles. The van der Waals surface area contributed by atoms with Gasteiger partial charge in [0.2, 0.25) is 0 Å². The van der Waals surface area contributed by atoms with Crippen LogP contribution >= 0.6 is 0 Å². The van der Waals surface area contributed by atoms with Crippen molar-refractivity contribution in [1.29, 1.82) is 0 Å². The van der Waals surface area contributed by atoms with E-state index in [2.05, 4.69) is 196 Å². The number of hydrogen-bond donors (Lipinski definition) is 0. The van der Waals surface area contributed by atoms with Gasteiger partial charge in [0.05, 0.1) is 11.4 Å². The lowest BCUT2D eigenvalue weighted by molar-refractivity contribution is 0.661. The van der Waals surface area contributed by atoms with Crippen LogP contribution in [0.3, 0.4) is 0 Å². The van der Waals surface area contributed by atoms with Crippen molar-refractivity contribution < 1.29 is 4.42 Å². The Bertz CT molecular complexity index is 3510. The van der Waals surface area contributed by atoms with Crippen LogP contribution in [0.5, 0.6) is 0 Å². The summed E-state index contributed by atoms with van der Waals surface area (Å²) < 4.78 is 6.56. The van der Waals surface area contributed by atoms with Crippen molar-refractivity contribution in [2.75, 3.05) is 0 Å². The van der Waals surface area contributed by atoms with Gasteiger partial charge in [-0.15, -0.1) is 0 Å².